The van der Waals surface area contributed by atoms with Crippen molar-refractivity contribution >= 4 is 12.4 Å². The third kappa shape index (κ3) is 2.21. The van der Waals surface area contributed by atoms with E-state index >= 15 is 0 Å². The third-order valence-corrected chi connectivity index (χ3v) is 3.13. The summed E-state index contributed by atoms with van der Waals surface area (Å²) in [5.74, 6) is 2.00. The summed E-state index contributed by atoms with van der Waals surface area (Å²) in [6.45, 7) is 2.41. The fraction of sp³-hybridized carbons (Fsp3) is 0.800. The molecule has 5 nitrogen and oxygen atoms in total. The van der Waals surface area contributed by atoms with E-state index in [9.17, 15) is 0 Å². The molecule has 16 heavy (non-hydrogen) atoms. The highest BCUT2D eigenvalue weighted by molar-refractivity contribution is 5.85. The van der Waals surface area contributed by atoms with E-state index in [1.54, 1.807) is 0 Å². The third-order valence-electron chi connectivity index (χ3n) is 3.13. The Balaban J connectivity index is 0.000000963. The van der Waals surface area contributed by atoms with Crippen molar-refractivity contribution in [2.75, 3.05) is 19.7 Å². The summed E-state index contributed by atoms with van der Waals surface area (Å²) < 4.78 is 10.8. The first kappa shape index (κ1) is 11.8. The summed E-state index contributed by atoms with van der Waals surface area (Å²) in [6, 6.07) is 0. The maximum Gasteiger partial charge on any atom is 0.229 e. The maximum atomic E-state index is 5.56. The molecule has 2 aliphatic rings. The lowest BCUT2D eigenvalue weighted by Gasteiger charge is -2.21. The van der Waals surface area contributed by atoms with Gasteiger partial charge in [-0.05, 0) is 12.8 Å². The van der Waals surface area contributed by atoms with E-state index in [4.69, 9.17) is 9.26 Å². The minimum atomic E-state index is -0.0312. The number of nitrogens with one attached hydrogen (secondary N) is 1. The number of halogens is 1. The van der Waals surface area contributed by atoms with Crippen LogP contribution in [0.4, 0.5) is 0 Å². The molecule has 3 rings (SSSR count). The standard InChI is InChI=1S/C10H15N3O2.ClH/c1-2-7(3-1)10-12-9(13-15-10)8-6-11-4-5-14-8;/h7-8,11H,1-6H2;1H. The van der Waals surface area contributed by atoms with E-state index in [0.717, 1.165) is 25.6 Å². The first-order chi connectivity index (χ1) is 7.43. The molecule has 1 aliphatic carbocycles. The normalized spacial score (nSPS) is 25.9. The summed E-state index contributed by atoms with van der Waals surface area (Å²) in [4.78, 5) is 4.41. The molecule has 2 fully saturated rings. The van der Waals surface area contributed by atoms with Gasteiger partial charge in [-0.25, -0.2) is 0 Å². The van der Waals surface area contributed by atoms with Crippen LogP contribution in [-0.4, -0.2) is 29.8 Å². The fourth-order valence-corrected chi connectivity index (χ4v) is 1.93. The summed E-state index contributed by atoms with van der Waals surface area (Å²) >= 11 is 0. The van der Waals surface area contributed by atoms with Crippen molar-refractivity contribution in [3.63, 3.8) is 0 Å². The minimum Gasteiger partial charge on any atom is -0.367 e. The molecule has 1 atom stereocenters. The average molecular weight is 246 g/mol. The molecule has 1 aliphatic heterocycles. The van der Waals surface area contributed by atoms with Crippen molar-refractivity contribution in [3.8, 4) is 0 Å². The molecule has 1 aromatic rings. The van der Waals surface area contributed by atoms with E-state index in [2.05, 4.69) is 15.5 Å². The van der Waals surface area contributed by atoms with Gasteiger partial charge in [-0.15, -0.1) is 12.4 Å². The van der Waals surface area contributed by atoms with Gasteiger partial charge in [0.25, 0.3) is 0 Å². The van der Waals surface area contributed by atoms with Crippen LogP contribution in [0.25, 0.3) is 0 Å². The van der Waals surface area contributed by atoms with Gasteiger partial charge in [0.05, 0.1) is 6.61 Å². The largest absolute Gasteiger partial charge is 0.367 e. The summed E-state index contributed by atoms with van der Waals surface area (Å²) in [5, 5.41) is 7.24. The van der Waals surface area contributed by atoms with Gasteiger partial charge < -0.3 is 14.6 Å². The zero-order valence-corrected chi connectivity index (χ0v) is 9.83. The number of aromatic nitrogens is 2. The minimum absolute atomic E-state index is 0. The van der Waals surface area contributed by atoms with Gasteiger partial charge in [0.2, 0.25) is 11.7 Å². The monoisotopic (exact) mass is 245 g/mol. The highest BCUT2D eigenvalue weighted by atomic mass is 35.5. The summed E-state index contributed by atoms with van der Waals surface area (Å²) in [7, 11) is 0. The number of rotatable bonds is 2. The smallest absolute Gasteiger partial charge is 0.229 e. The first-order valence-corrected chi connectivity index (χ1v) is 5.59. The Hall–Kier alpha value is -0.650. The highest BCUT2D eigenvalue weighted by Gasteiger charge is 2.28. The molecular formula is C10H16ClN3O2. The second kappa shape index (κ2) is 5.12. The van der Waals surface area contributed by atoms with E-state index in [0.29, 0.717) is 11.7 Å². The Morgan fingerprint density at radius 2 is 2.19 bits per heavy atom. The lowest BCUT2D eigenvalue weighted by atomic mass is 9.85. The molecule has 0 aromatic carbocycles. The van der Waals surface area contributed by atoms with Gasteiger partial charge in [-0.1, -0.05) is 11.6 Å². The van der Waals surface area contributed by atoms with Crippen LogP contribution in [0.1, 0.15) is 43.0 Å². The zero-order chi connectivity index (χ0) is 10.1. The summed E-state index contributed by atoms with van der Waals surface area (Å²) in [5.41, 5.74) is 0. The predicted octanol–water partition coefficient (Wildman–Crippen LogP) is 1.42. The summed E-state index contributed by atoms with van der Waals surface area (Å²) in [6.07, 6.45) is 3.62. The Labute approximate surface area is 100 Å². The molecule has 1 N–H and O–H groups in total. The van der Waals surface area contributed by atoms with Crippen molar-refractivity contribution in [2.24, 2.45) is 0 Å². The molecule has 1 unspecified atom stereocenters. The fourth-order valence-electron chi connectivity index (χ4n) is 1.93. The molecule has 0 radical (unpaired) electrons. The topological polar surface area (TPSA) is 60.2 Å². The Bertz CT molecular complexity index is 335. The van der Waals surface area contributed by atoms with Crippen LogP contribution in [0.5, 0.6) is 0 Å². The van der Waals surface area contributed by atoms with Crippen LogP contribution in [0.2, 0.25) is 0 Å². The number of hydrogen-bond donors (Lipinski definition) is 1. The van der Waals surface area contributed by atoms with Crippen molar-refractivity contribution in [1.29, 1.82) is 0 Å². The number of hydrogen-bond acceptors (Lipinski definition) is 5. The first-order valence-electron chi connectivity index (χ1n) is 5.59. The van der Waals surface area contributed by atoms with Gasteiger partial charge in [-0.3, -0.25) is 0 Å². The molecule has 2 heterocycles. The molecule has 0 spiro atoms. The van der Waals surface area contributed by atoms with E-state index < -0.39 is 0 Å². The van der Waals surface area contributed by atoms with Crippen molar-refractivity contribution in [3.05, 3.63) is 11.7 Å². The number of nitrogens with zero attached hydrogens (tertiary/aromatic N) is 2. The van der Waals surface area contributed by atoms with Gasteiger partial charge >= 0.3 is 0 Å². The molecule has 1 saturated heterocycles. The van der Waals surface area contributed by atoms with E-state index in [1.165, 1.54) is 19.3 Å². The lowest BCUT2D eigenvalue weighted by molar-refractivity contribution is 0.0208. The van der Waals surface area contributed by atoms with Crippen LogP contribution in [0.3, 0.4) is 0 Å². The molecule has 1 saturated carbocycles. The average Bonchev–Trinajstić information content (AvgIpc) is 2.66. The molecule has 90 valence electrons. The van der Waals surface area contributed by atoms with Crippen LogP contribution in [0, 0.1) is 0 Å². The van der Waals surface area contributed by atoms with Crippen molar-refractivity contribution < 1.29 is 9.26 Å². The van der Waals surface area contributed by atoms with Gasteiger partial charge in [-0.2, -0.15) is 4.98 Å². The van der Waals surface area contributed by atoms with Crippen LogP contribution >= 0.6 is 12.4 Å². The predicted molar refractivity (Wildman–Crippen MR) is 59.7 cm³/mol. The number of morpholine rings is 1. The molecule has 0 bridgehead atoms. The van der Waals surface area contributed by atoms with Crippen molar-refractivity contribution in [1.82, 2.24) is 15.5 Å². The quantitative estimate of drug-likeness (QED) is 0.854. The molecule has 1 aromatic heterocycles. The Morgan fingerprint density at radius 3 is 2.81 bits per heavy atom. The van der Waals surface area contributed by atoms with Crippen LogP contribution < -0.4 is 5.32 Å². The van der Waals surface area contributed by atoms with E-state index in [-0.39, 0.29) is 18.5 Å². The van der Waals surface area contributed by atoms with Crippen LogP contribution in [-0.2, 0) is 4.74 Å². The molecule has 0 amide bonds. The highest BCUT2D eigenvalue weighted by Crippen LogP contribution is 2.35. The van der Waals surface area contributed by atoms with Crippen LogP contribution in [0.15, 0.2) is 4.52 Å². The number of ether oxygens (including phenoxy) is 1. The zero-order valence-electron chi connectivity index (χ0n) is 9.02. The van der Waals surface area contributed by atoms with Gasteiger partial charge in [0.15, 0.2) is 0 Å². The molecular weight excluding hydrogens is 230 g/mol. The van der Waals surface area contributed by atoms with Crippen molar-refractivity contribution in [2.45, 2.75) is 31.3 Å². The Kier molecular flexibility index (Phi) is 3.78. The van der Waals surface area contributed by atoms with Gasteiger partial charge in [0, 0.05) is 19.0 Å². The van der Waals surface area contributed by atoms with E-state index in [1.807, 2.05) is 0 Å². The second-order valence-corrected chi connectivity index (χ2v) is 4.18. The second-order valence-electron chi connectivity index (χ2n) is 4.18. The lowest BCUT2D eigenvalue weighted by Crippen LogP contribution is -2.33. The maximum absolute atomic E-state index is 5.56. The SMILES string of the molecule is C1CC(c2nc(C3CNCCO3)no2)C1.Cl. The molecule has 6 heteroatoms. The van der Waals surface area contributed by atoms with Gasteiger partial charge in [0.1, 0.15) is 6.10 Å². The Morgan fingerprint density at radius 1 is 1.31 bits per heavy atom.